The molecular weight excluding hydrogens is 371 g/mol. The van der Waals surface area contributed by atoms with Crippen molar-refractivity contribution in [2.24, 2.45) is 0 Å². The van der Waals surface area contributed by atoms with Crippen molar-refractivity contribution in [2.45, 2.75) is 11.8 Å². The molecule has 0 radical (unpaired) electrons. The van der Waals surface area contributed by atoms with Crippen LogP contribution in [0.2, 0.25) is 5.15 Å². The van der Waals surface area contributed by atoms with Gasteiger partial charge in [-0.05, 0) is 46.6 Å². The summed E-state index contributed by atoms with van der Waals surface area (Å²) >= 11 is 8.96. The Bertz CT molecular complexity index is 768. The van der Waals surface area contributed by atoms with Crippen LogP contribution in [-0.2, 0) is 10.0 Å². The minimum atomic E-state index is -4.08. The second-order valence-electron chi connectivity index (χ2n) is 4.03. The topological polar surface area (TPSA) is 59.1 Å². The molecule has 0 atom stereocenters. The Morgan fingerprint density at radius 1 is 1.35 bits per heavy atom. The van der Waals surface area contributed by atoms with Crippen molar-refractivity contribution in [1.82, 2.24) is 4.98 Å². The molecule has 106 valence electrons. The summed E-state index contributed by atoms with van der Waals surface area (Å²) in [4.78, 5) is 3.36. The van der Waals surface area contributed by atoms with Gasteiger partial charge in [0.1, 0.15) is 10.7 Å². The predicted octanol–water partition coefficient (Wildman–Crippen LogP) is 3.75. The molecule has 0 spiro atoms. The van der Waals surface area contributed by atoms with Crippen molar-refractivity contribution >= 4 is 43.2 Å². The lowest BCUT2D eigenvalue weighted by atomic mass is 10.2. The maximum atomic E-state index is 13.7. The third-order valence-corrected chi connectivity index (χ3v) is 4.54. The average molecular weight is 380 g/mol. The highest BCUT2D eigenvalue weighted by atomic mass is 79.9. The standard InChI is InChI=1S/C12H9BrClFN2O2S/c1-7-2-3-9(15)11(4-7)20(18,19)17-10-5-8(13)6-16-12(10)14/h2-6,17H,1H3. The number of halogens is 3. The number of anilines is 1. The Balaban J connectivity index is 2.46. The molecule has 8 heteroatoms. The zero-order valence-electron chi connectivity index (χ0n) is 10.2. The summed E-state index contributed by atoms with van der Waals surface area (Å²) in [6, 6.07) is 5.28. The summed E-state index contributed by atoms with van der Waals surface area (Å²) in [5.41, 5.74) is 0.701. The number of nitrogens with one attached hydrogen (secondary N) is 1. The minimum Gasteiger partial charge on any atom is -0.276 e. The number of benzene rings is 1. The first-order valence-corrected chi connectivity index (χ1v) is 8.05. The van der Waals surface area contributed by atoms with E-state index in [-0.39, 0.29) is 10.8 Å². The zero-order chi connectivity index (χ0) is 14.9. The molecule has 0 aliphatic heterocycles. The van der Waals surface area contributed by atoms with Crippen LogP contribution in [0.15, 0.2) is 39.8 Å². The molecule has 0 aliphatic rings. The van der Waals surface area contributed by atoms with E-state index < -0.39 is 20.7 Å². The summed E-state index contributed by atoms with van der Waals surface area (Å²) < 4.78 is 40.8. The van der Waals surface area contributed by atoms with Gasteiger partial charge in [0.05, 0.1) is 5.69 Å². The van der Waals surface area contributed by atoms with Crippen LogP contribution >= 0.6 is 27.5 Å². The summed E-state index contributed by atoms with van der Waals surface area (Å²) in [7, 11) is -4.08. The maximum absolute atomic E-state index is 13.7. The van der Waals surface area contributed by atoms with Crippen LogP contribution in [0, 0.1) is 12.7 Å². The van der Waals surface area contributed by atoms with Gasteiger partial charge in [-0.15, -0.1) is 0 Å². The molecule has 1 N–H and O–H groups in total. The zero-order valence-corrected chi connectivity index (χ0v) is 13.4. The van der Waals surface area contributed by atoms with E-state index in [9.17, 15) is 12.8 Å². The SMILES string of the molecule is Cc1ccc(F)c(S(=O)(=O)Nc2cc(Br)cnc2Cl)c1. The molecule has 0 saturated carbocycles. The van der Waals surface area contributed by atoms with Crippen molar-refractivity contribution in [3.8, 4) is 0 Å². The molecule has 0 saturated heterocycles. The minimum absolute atomic E-state index is 0.0233. The summed E-state index contributed by atoms with van der Waals surface area (Å²) in [5.74, 6) is -0.831. The van der Waals surface area contributed by atoms with Crippen molar-refractivity contribution in [3.05, 3.63) is 51.5 Å². The van der Waals surface area contributed by atoms with Gasteiger partial charge in [0, 0.05) is 10.7 Å². The first-order chi connectivity index (χ1) is 9.29. The normalized spacial score (nSPS) is 11.4. The smallest absolute Gasteiger partial charge is 0.264 e. The van der Waals surface area contributed by atoms with Crippen LogP contribution in [0.4, 0.5) is 10.1 Å². The molecule has 4 nitrogen and oxygen atoms in total. The summed E-state index contributed by atoms with van der Waals surface area (Å²) in [5, 5.41) is -0.0233. The predicted molar refractivity (Wildman–Crippen MR) is 78.9 cm³/mol. The Morgan fingerprint density at radius 3 is 2.75 bits per heavy atom. The molecule has 1 aromatic heterocycles. The molecule has 2 aromatic rings. The van der Waals surface area contributed by atoms with Gasteiger partial charge in [0.15, 0.2) is 5.15 Å². The monoisotopic (exact) mass is 378 g/mol. The van der Waals surface area contributed by atoms with E-state index in [1.54, 1.807) is 6.92 Å². The molecule has 0 aliphatic carbocycles. The molecule has 0 amide bonds. The molecule has 1 aromatic carbocycles. The third-order valence-electron chi connectivity index (χ3n) is 2.43. The van der Waals surface area contributed by atoms with Gasteiger partial charge in [-0.2, -0.15) is 0 Å². The maximum Gasteiger partial charge on any atom is 0.264 e. The lowest BCUT2D eigenvalue weighted by molar-refractivity contribution is 0.570. The van der Waals surface area contributed by atoms with Crippen LogP contribution in [-0.4, -0.2) is 13.4 Å². The fraction of sp³-hybridized carbons (Fsp3) is 0.0833. The van der Waals surface area contributed by atoms with E-state index in [1.165, 1.54) is 24.4 Å². The first kappa shape index (κ1) is 15.2. The number of rotatable bonds is 3. The lowest BCUT2D eigenvalue weighted by Gasteiger charge is -2.10. The van der Waals surface area contributed by atoms with Gasteiger partial charge in [-0.3, -0.25) is 4.72 Å². The Hall–Kier alpha value is -1.18. The van der Waals surface area contributed by atoms with Crippen molar-refractivity contribution < 1.29 is 12.8 Å². The fourth-order valence-corrected chi connectivity index (χ4v) is 3.27. The number of aryl methyl sites for hydroxylation is 1. The second kappa shape index (κ2) is 5.67. The highest BCUT2D eigenvalue weighted by molar-refractivity contribution is 9.10. The molecule has 2 rings (SSSR count). The average Bonchev–Trinajstić information content (AvgIpc) is 2.36. The van der Waals surface area contributed by atoms with Gasteiger partial charge >= 0.3 is 0 Å². The quantitative estimate of drug-likeness (QED) is 0.826. The summed E-state index contributed by atoms with van der Waals surface area (Å²) in [6.07, 6.45) is 1.42. The molecule has 20 heavy (non-hydrogen) atoms. The molecule has 1 heterocycles. The van der Waals surface area contributed by atoms with Gasteiger partial charge in [0.2, 0.25) is 0 Å². The van der Waals surface area contributed by atoms with E-state index >= 15 is 0 Å². The molecule has 0 unspecified atom stereocenters. The first-order valence-electron chi connectivity index (χ1n) is 5.39. The van der Waals surface area contributed by atoms with E-state index in [0.29, 0.717) is 10.0 Å². The largest absolute Gasteiger partial charge is 0.276 e. The van der Waals surface area contributed by atoms with Crippen molar-refractivity contribution in [1.29, 1.82) is 0 Å². The summed E-state index contributed by atoms with van der Waals surface area (Å²) in [6.45, 7) is 1.67. The van der Waals surface area contributed by atoms with E-state index in [0.717, 1.165) is 6.07 Å². The highest BCUT2D eigenvalue weighted by Crippen LogP contribution is 2.26. The van der Waals surface area contributed by atoms with Crippen LogP contribution < -0.4 is 4.72 Å². The van der Waals surface area contributed by atoms with Gasteiger partial charge in [-0.1, -0.05) is 17.7 Å². The highest BCUT2D eigenvalue weighted by Gasteiger charge is 2.20. The number of sulfonamides is 1. The third kappa shape index (κ3) is 3.28. The Kier molecular flexibility index (Phi) is 4.31. The van der Waals surface area contributed by atoms with Crippen LogP contribution in [0.1, 0.15) is 5.56 Å². The van der Waals surface area contributed by atoms with Crippen LogP contribution in [0.5, 0.6) is 0 Å². The second-order valence-corrected chi connectivity index (χ2v) is 6.96. The van der Waals surface area contributed by atoms with Crippen molar-refractivity contribution in [3.63, 3.8) is 0 Å². The van der Waals surface area contributed by atoms with Crippen LogP contribution in [0.3, 0.4) is 0 Å². The number of aromatic nitrogens is 1. The number of pyridine rings is 1. The Morgan fingerprint density at radius 2 is 2.05 bits per heavy atom. The fourth-order valence-electron chi connectivity index (χ4n) is 1.51. The van der Waals surface area contributed by atoms with Crippen molar-refractivity contribution in [2.75, 3.05) is 4.72 Å². The van der Waals surface area contributed by atoms with Gasteiger partial charge in [0.25, 0.3) is 10.0 Å². The van der Waals surface area contributed by atoms with E-state index in [1.807, 2.05) is 0 Å². The lowest BCUT2D eigenvalue weighted by Crippen LogP contribution is -2.15. The Labute approximate surface area is 129 Å². The molecular formula is C12H9BrClFN2O2S. The van der Waals surface area contributed by atoms with Gasteiger partial charge in [-0.25, -0.2) is 17.8 Å². The van der Waals surface area contributed by atoms with Crippen LogP contribution in [0.25, 0.3) is 0 Å². The molecule has 0 bridgehead atoms. The number of hydrogen-bond acceptors (Lipinski definition) is 3. The van der Waals surface area contributed by atoms with E-state index in [2.05, 4.69) is 25.6 Å². The molecule has 0 fully saturated rings. The number of nitrogens with zero attached hydrogens (tertiary/aromatic N) is 1. The van der Waals surface area contributed by atoms with E-state index in [4.69, 9.17) is 11.6 Å². The number of hydrogen-bond donors (Lipinski definition) is 1. The van der Waals surface area contributed by atoms with Gasteiger partial charge < -0.3 is 0 Å².